The number of hydrogen-bond donors (Lipinski definition) is 1. The number of carbonyl (C=O) groups excluding carboxylic acids is 1. The van der Waals surface area contributed by atoms with Gasteiger partial charge in [-0.2, -0.15) is 0 Å². The fraction of sp³-hybridized carbons (Fsp3) is 0.611. The van der Waals surface area contributed by atoms with E-state index in [1.807, 2.05) is 6.07 Å². The lowest BCUT2D eigenvalue weighted by atomic mass is 10.00. The maximum absolute atomic E-state index is 12.7. The van der Waals surface area contributed by atoms with E-state index in [4.69, 9.17) is 0 Å². The molecule has 1 atom stereocenters. The first-order chi connectivity index (χ1) is 10.1. The predicted molar refractivity (Wildman–Crippen MR) is 86.5 cm³/mol. The van der Waals surface area contributed by atoms with Crippen molar-refractivity contribution in [1.82, 2.24) is 4.90 Å². The Bertz CT molecular complexity index is 502. The summed E-state index contributed by atoms with van der Waals surface area (Å²) in [4.78, 5) is 15.2. The van der Waals surface area contributed by atoms with Crippen LogP contribution < -0.4 is 5.32 Å². The van der Waals surface area contributed by atoms with Gasteiger partial charge >= 0.3 is 0 Å². The van der Waals surface area contributed by atoms with Gasteiger partial charge in [0.25, 0.3) is 0 Å². The number of rotatable bonds is 4. The second-order valence-corrected chi connectivity index (χ2v) is 6.71. The largest absolute Gasteiger partial charge is 0.324 e. The molecule has 1 aliphatic carbocycles. The van der Waals surface area contributed by atoms with E-state index in [2.05, 4.69) is 36.2 Å². The molecule has 3 nitrogen and oxygen atoms in total. The fourth-order valence-corrected chi connectivity index (χ4v) is 3.36. The molecule has 3 heteroatoms. The summed E-state index contributed by atoms with van der Waals surface area (Å²) in [5, 5.41) is 3.19. The van der Waals surface area contributed by atoms with E-state index in [1.165, 1.54) is 25.7 Å². The minimum absolute atomic E-state index is 0.0679. The second-order valence-electron chi connectivity index (χ2n) is 6.71. The van der Waals surface area contributed by atoms with Crippen LogP contribution in [0.1, 0.15) is 43.2 Å². The number of likely N-dealkylation sites (tertiary alicyclic amines) is 1. The summed E-state index contributed by atoms with van der Waals surface area (Å²) in [6.07, 6.45) is 6.11. The Morgan fingerprint density at radius 1 is 1.19 bits per heavy atom. The Kier molecular flexibility index (Phi) is 4.29. The summed E-state index contributed by atoms with van der Waals surface area (Å²) in [5.74, 6) is 1.03. The lowest BCUT2D eigenvalue weighted by Crippen LogP contribution is -2.48. The number of hydrogen-bond acceptors (Lipinski definition) is 2. The zero-order valence-corrected chi connectivity index (χ0v) is 13.2. The van der Waals surface area contributed by atoms with Crippen LogP contribution >= 0.6 is 0 Å². The summed E-state index contributed by atoms with van der Waals surface area (Å²) in [6, 6.07) is 6.23. The van der Waals surface area contributed by atoms with E-state index in [0.29, 0.717) is 0 Å². The molecule has 0 unspecified atom stereocenters. The molecule has 1 aliphatic heterocycles. The molecule has 21 heavy (non-hydrogen) atoms. The van der Waals surface area contributed by atoms with E-state index in [1.54, 1.807) is 0 Å². The summed E-state index contributed by atoms with van der Waals surface area (Å²) in [7, 11) is 0. The van der Waals surface area contributed by atoms with Gasteiger partial charge in [0.05, 0.1) is 6.04 Å². The minimum atomic E-state index is 0.0679. The van der Waals surface area contributed by atoms with Gasteiger partial charge in [-0.3, -0.25) is 9.69 Å². The molecular weight excluding hydrogens is 260 g/mol. The van der Waals surface area contributed by atoms with Crippen LogP contribution in [0, 0.1) is 19.8 Å². The Balaban J connectivity index is 1.70. The molecule has 1 amide bonds. The molecule has 0 aromatic heterocycles. The number of para-hydroxylation sites is 1. The molecule has 1 saturated heterocycles. The third-order valence-electron chi connectivity index (χ3n) is 4.84. The molecule has 1 N–H and O–H groups in total. The van der Waals surface area contributed by atoms with E-state index < -0.39 is 0 Å². The van der Waals surface area contributed by atoms with Crippen molar-refractivity contribution in [2.75, 3.05) is 18.4 Å². The summed E-state index contributed by atoms with van der Waals surface area (Å²) < 4.78 is 0. The molecule has 1 aromatic rings. The molecule has 0 radical (unpaired) electrons. The summed E-state index contributed by atoms with van der Waals surface area (Å²) in [6.45, 7) is 6.32. The molecule has 3 rings (SSSR count). The maximum atomic E-state index is 12.7. The van der Waals surface area contributed by atoms with Crippen LogP contribution in [0.5, 0.6) is 0 Å². The number of carbonyl (C=O) groups is 1. The highest BCUT2D eigenvalue weighted by Gasteiger charge is 2.33. The third kappa shape index (κ3) is 3.46. The first-order valence-electron chi connectivity index (χ1n) is 8.26. The standard InChI is InChI=1S/C18H26N2O/c1-13-6-5-7-14(2)17(13)19-18(21)16-8-3-4-11-20(16)12-15-9-10-15/h5-7,15-16H,3-4,8-12H2,1-2H3,(H,19,21)/t16-/m0/s1. The highest BCUT2D eigenvalue weighted by atomic mass is 16.2. The van der Waals surface area contributed by atoms with Crippen LogP contribution in [-0.4, -0.2) is 29.9 Å². The van der Waals surface area contributed by atoms with Gasteiger partial charge in [0.1, 0.15) is 0 Å². The number of anilines is 1. The number of aryl methyl sites for hydroxylation is 2. The Morgan fingerprint density at radius 3 is 2.57 bits per heavy atom. The van der Waals surface area contributed by atoms with Crippen molar-refractivity contribution >= 4 is 11.6 Å². The number of nitrogens with zero attached hydrogens (tertiary/aromatic N) is 1. The SMILES string of the molecule is Cc1cccc(C)c1NC(=O)[C@@H]1CCCCN1CC1CC1. The lowest BCUT2D eigenvalue weighted by molar-refractivity contribution is -0.122. The van der Waals surface area contributed by atoms with Crippen molar-refractivity contribution < 1.29 is 4.79 Å². The molecule has 0 bridgehead atoms. The highest BCUT2D eigenvalue weighted by Crippen LogP contribution is 2.32. The zero-order valence-electron chi connectivity index (χ0n) is 13.2. The number of amides is 1. The van der Waals surface area contributed by atoms with Crippen LogP contribution in [0.25, 0.3) is 0 Å². The molecule has 114 valence electrons. The Labute approximate surface area is 127 Å². The van der Waals surface area contributed by atoms with Crippen molar-refractivity contribution in [2.45, 2.75) is 52.0 Å². The normalized spacial score (nSPS) is 23.0. The predicted octanol–water partition coefficient (Wildman–Crippen LogP) is 3.51. The lowest BCUT2D eigenvalue weighted by Gasteiger charge is -2.35. The third-order valence-corrected chi connectivity index (χ3v) is 4.84. The van der Waals surface area contributed by atoms with E-state index in [9.17, 15) is 4.79 Å². The van der Waals surface area contributed by atoms with Crippen molar-refractivity contribution in [1.29, 1.82) is 0 Å². The van der Waals surface area contributed by atoms with Crippen LogP contribution in [0.15, 0.2) is 18.2 Å². The summed E-state index contributed by atoms with van der Waals surface area (Å²) >= 11 is 0. The number of piperidine rings is 1. The van der Waals surface area contributed by atoms with Gasteiger partial charge in [-0.25, -0.2) is 0 Å². The van der Waals surface area contributed by atoms with Crippen LogP contribution in [-0.2, 0) is 4.79 Å². The van der Waals surface area contributed by atoms with Crippen molar-refractivity contribution in [3.8, 4) is 0 Å². The van der Waals surface area contributed by atoms with Gasteiger partial charge in [0, 0.05) is 12.2 Å². The van der Waals surface area contributed by atoms with Crippen LogP contribution in [0.3, 0.4) is 0 Å². The zero-order chi connectivity index (χ0) is 14.8. The molecule has 1 heterocycles. The van der Waals surface area contributed by atoms with Crippen molar-refractivity contribution in [3.63, 3.8) is 0 Å². The first-order valence-corrected chi connectivity index (χ1v) is 8.26. The smallest absolute Gasteiger partial charge is 0.241 e. The average Bonchev–Trinajstić information content (AvgIpc) is 3.27. The average molecular weight is 286 g/mol. The first kappa shape index (κ1) is 14.6. The van der Waals surface area contributed by atoms with Crippen LogP contribution in [0.2, 0.25) is 0 Å². The fourth-order valence-electron chi connectivity index (χ4n) is 3.36. The minimum Gasteiger partial charge on any atom is -0.324 e. The molecular formula is C18H26N2O. The molecule has 0 spiro atoms. The van der Waals surface area contributed by atoms with Gasteiger partial charge in [-0.15, -0.1) is 0 Å². The van der Waals surface area contributed by atoms with E-state index in [-0.39, 0.29) is 11.9 Å². The van der Waals surface area contributed by atoms with Gasteiger partial charge in [0.15, 0.2) is 0 Å². The number of benzene rings is 1. The molecule has 1 saturated carbocycles. The van der Waals surface area contributed by atoms with Gasteiger partial charge in [0.2, 0.25) is 5.91 Å². The van der Waals surface area contributed by atoms with Gasteiger partial charge < -0.3 is 5.32 Å². The summed E-state index contributed by atoms with van der Waals surface area (Å²) in [5.41, 5.74) is 3.29. The molecule has 2 fully saturated rings. The van der Waals surface area contributed by atoms with Gasteiger partial charge in [-0.05, 0) is 63.1 Å². The topological polar surface area (TPSA) is 32.3 Å². The van der Waals surface area contributed by atoms with Gasteiger partial charge in [-0.1, -0.05) is 24.6 Å². The van der Waals surface area contributed by atoms with Crippen LogP contribution in [0.4, 0.5) is 5.69 Å². The van der Waals surface area contributed by atoms with E-state index >= 15 is 0 Å². The monoisotopic (exact) mass is 286 g/mol. The quantitative estimate of drug-likeness (QED) is 0.918. The maximum Gasteiger partial charge on any atom is 0.241 e. The van der Waals surface area contributed by atoms with Crippen molar-refractivity contribution in [3.05, 3.63) is 29.3 Å². The van der Waals surface area contributed by atoms with Crippen molar-refractivity contribution in [2.24, 2.45) is 5.92 Å². The second kappa shape index (κ2) is 6.18. The number of nitrogens with one attached hydrogen (secondary N) is 1. The molecule has 2 aliphatic rings. The Hall–Kier alpha value is -1.35. The van der Waals surface area contributed by atoms with E-state index in [0.717, 1.165) is 42.2 Å². The highest BCUT2D eigenvalue weighted by molar-refractivity contribution is 5.96. The molecule has 1 aromatic carbocycles. The Morgan fingerprint density at radius 2 is 1.90 bits per heavy atom.